The standard InChI is InChI=1S/C19H19NO6/c1-5-25-17-10-14-13(9-16(17)24-4)19(21)26-18(20-14)12-7-6-11(22-2)8-15(12)23-3/h6-10H,5H2,1-4H3. The van der Waals surface area contributed by atoms with E-state index in [1.54, 1.807) is 37.4 Å². The van der Waals surface area contributed by atoms with Crippen molar-refractivity contribution >= 4 is 10.9 Å². The van der Waals surface area contributed by atoms with Crippen LogP contribution >= 0.6 is 0 Å². The van der Waals surface area contributed by atoms with Crippen LogP contribution in [0.15, 0.2) is 39.5 Å². The van der Waals surface area contributed by atoms with Crippen LogP contribution in [0, 0.1) is 0 Å². The topological polar surface area (TPSA) is 80.0 Å². The minimum Gasteiger partial charge on any atom is -0.497 e. The largest absolute Gasteiger partial charge is 0.497 e. The van der Waals surface area contributed by atoms with Crippen molar-refractivity contribution in [2.75, 3.05) is 27.9 Å². The van der Waals surface area contributed by atoms with Crippen molar-refractivity contribution in [3.63, 3.8) is 0 Å². The normalized spacial score (nSPS) is 10.6. The lowest BCUT2D eigenvalue weighted by Crippen LogP contribution is -2.05. The van der Waals surface area contributed by atoms with E-state index in [9.17, 15) is 4.79 Å². The van der Waals surface area contributed by atoms with Crippen LogP contribution in [0.5, 0.6) is 23.0 Å². The summed E-state index contributed by atoms with van der Waals surface area (Å²) in [5.41, 5.74) is 0.462. The average molecular weight is 357 g/mol. The first-order valence-electron chi connectivity index (χ1n) is 7.99. The molecule has 3 rings (SSSR count). The van der Waals surface area contributed by atoms with E-state index < -0.39 is 5.63 Å². The Labute approximate surface area is 150 Å². The van der Waals surface area contributed by atoms with Gasteiger partial charge in [0.05, 0.1) is 44.4 Å². The highest BCUT2D eigenvalue weighted by Crippen LogP contribution is 2.34. The maximum atomic E-state index is 12.5. The van der Waals surface area contributed by atoms with E-state index in [1.165, 1.54) is 14.2 Å². The molecule has 0 saturated heterocycles. The number of nitrogens with zero attached hydrogens (tertiary/aromatic N) is 1. The summed E-state index contributed by atoms with van der Waals surface area (Å²) in [7, 11) is 4.59. The van der Waals surface area contributed by atoms with E-state index in [4.69, 9.17) is 23.4 Å². The Balaban J connectivity index is 2.21. The maximum Gasteiger partial charge on any atom is 0.347 e. The number of fused-ring (bicyclic) bond motifs is 1. The third kappa shape index (κ3) is 3.15. The van der Waals surface area contributed by atoms with Crippen molar-refractivity contribution in [3.8, 4) is 34.5 Å². The Bertz CT molecular complexity index is 995. The molecule has 0 aliphatic heterocycles. The molecule has 3 aromatic rings. The predicted molar refractivity (Wildman–Crippen MR) is 96.5 cm³/mol. The SMILES string of the molecule is CCOc1cc2nc(-c3ccc(OC)cc3OC)oc(=O)c2cc1OC. The van der Waals surface area contributed by atoms with Crippen molar-refractivity contribution in [1.82, 2.24) is 4.98 Å². The van der Waals surface area contributed by atoms with Crippen molar-refractivity contribution in [1.29, 1.82) is 0 Å². The Morgan fingerprint density at radius 3 is 2.38 bits per heavy atom. The number of hydrogen-bond acceptors (Lipinski definition) is 7. The Hall–Kier alpha value is -3.22. The van der Waals surface area contributed by atoms with Gasteiger partial charge >= 0.3 is 5.63 Å². The molecule has 0 aliphatic carbocycles. The molecule has 2 aromatic carbocycles. The first-order chi connectivity index (χ1) is 12.6. The highest BCUT2D eigenvalue weighted by Gasteiger charge is 2.16. The Morgan fingerprint density at radius 1 is 0.962 bits per heavy atom. The summed E-state index contributed by atoms with van der Waals surface area (Å²) in [6.45, 7) is 2.33. The zero-order valence-electron chi connectivity index (χ0n) is 15.0. The fourth-order valence-corrected chi connectivity index (χ4v) is 2.60. The number of aromatic nitrogens is 1. The highest BCUT2D eigenvalue weighted by atomic mass is 16.5. The van der Waals surface area contributed by atoms with Crippen molar-refractivity contribution in [2.24, 2.45) is 0 Å². The molecule has 1 heterocycles. The summed E-state index contributed by atoms with van der Waals surface area (Å²) in [5, 5.41) is 0.307. The number of rotatable bonds is 6. The van der Waals surface area contributed by atoms with E-state index in [0.29, 0.717) is 46.1 Å². The van der Waals surface area contributed by atoms with Crippen LogP contribution < -0.4 is 24.6 Å². The predicted octanol–water partition coefficient (Wildman–Crippen LogP) is 3.28. The van der Waals surface area contributed by atoms with Crippen molar-refractivity contribution in [3.05, 3.63) is 40.8 Å². The van der Waals surface area contributed by atoms with Gasteiger partial charge in [0.2, 0.25) is 5.89 Å². The second kappa shape index (κ2) is 7.35. The molecule has 26 heavy (non-hydrogen) atoms. The van der Waals surface area contributed by atoms with Crippen LogP contribution in [-0.2, 0) is 0 Å². The minimum absolute atomic E-state index is 0.148. The molecular formula is C19H19NO6. The summed E-state index contributed by atoms with van der Waals surface area (Å²) < 4.78 is 26.8. The zero-order chi connectivity index (χ0) is 18.7. The van der Waals surface area contributed by atoms with Crippen LogP contribution in [0.4, 0.5) is 0 Å². The summed E-state index contributed by atoms with van der Waals surface area (Å²) in [5.74, 6) is 2.21. The molecular weight excluding hydrogens is 338 g/mol. The third-order valence-electron chi connectivity index (χ3n) is 3.85. The molecule has 0 aliphatic rings. The summed E-state index contributed by atoms with van der Waals surface area (Å²) >= 11 is 0. The zero-order valence-corrected chi connectivity index (χ0v) is 15.0. The van der Waals surface area contributed by atoms with E-state index in [-0.39, 0.29) is 5.89 Å². The quantitative estimate of drug-likeness (QED) is 0.670. The van der Waals surface area contributed by atoms with Crippen molar-refractivity contribution < 1.29 is 23.4 Å². The van der Waals surface area contributed by atoms with Gasteiger partial charge in [-0.25, -0.2) is 9.78 Å². The number of benzene rings is 2. The van der Waals surface area contributed by atoms with Crippen LogP contribution in [0.25, 0.3) is 22.4 Å². The van der Waals surface area contributed by atoms with Gasteiger partial charge in [0.25, 0.3) is 0 Å². The van der Waals surface area contributed by atoms with Crippen LogP contribution in [0.3, 0.4) is 0 Å². The van der Waals surface area contributed by atoms with E-state index in [0.717, 1.165) is 0 Å². The molecule has 0 amide bonds. The van der Waals surface area contributed by atoms with Gasteiger partial charge in [0.15, 0.2) is 11.5 Å². The number of methoxy groups -OCH3 is 3. The molecule has 0 N–H and O–H groups in total. The lowest BCUT2D eigenvalue weighted by atomic mass is 10.1. The smallest absolute Gasteiger partial charge is 0.347 e. The van der Waals surface area contributed by atoms with E-state index >= 15 is 0 Å². The summed E-state index contributed by atoms with van der Waals surface area (Å²) in [6, 6.07) is 8.38. The van der Waals surface area contributed by atoms with Crippen molar-refractivity contribution in [2.45, 2.75) is 6.92 Å². The van der Waals surface area contributed by atoms with Gasteiger partial charge in [-0.2, -0.15) is 0 Å². The van der Waals surface area contributed by atoms with Gasteiger partial charge in [-0.1, -0.05) is 0 Å². The molecule has 1 aromatic heterocycles. The molecule has 0 radical (unpaired) electrons. The van der Waals surface area contributed by atoms with E-state index in [1.807, 2.05) is 6.92 Å². The molecule has 0 atom stereocenters. The van der Waals surface area contributed by atoms with E-state index in [2.05, 4.69) is 4.98 Å². The van der Waals surface area contributed by atoms with Gasteiger partial charge < -0.3 is 23.4 Å². The van der Waals surface area contributed by atoms with Crippen LogP contribution in [-0.4, -0.2) is 32.9 Å². The average Bonchev–Trinajstić information content (AvgIpc) is 2.67. The number of ether oxygens (including phenoxy) is 4. The van der Waals surface area contributed by atoms with Gasteiger partial charge in [-0.15, -0.1) is 0 Å². The summed E-state index contributed by atoms with van der Waals surface area (Å²) in [6.07, 6.45) is 0. The second-order valence-electron chi connectivity index (χ2n) is 5.33. The molecule has 7 heteroatoms. The fraction of sp³-hybridized carbons (Fsp3) is 0.263. The molecule has 0 unspecified atom stereocenters. The fourth-order valence-electron chi connectivity index (χ4n) is 2.60. The molecule has 136 valence electrons. The number of hydrogen-bond donors (Lipinski definition) is 0. The van der Waals surface area contributed by atoms with Crippen LogP contribution in [0.2, 0.25) is 0 Å². The molecule has 7 nitrogen and oxygen atoms in total. The van der Waals surface area contributed by atoms with Gasteiger partial charge in [-0.05, 0) is 19.1 Å². The molecule has 0 saturated carbocycles. The highest BCUT2D eigenvalue weighted by molar-refractivity contribution is 5.83. The summed E-state index contributed by atoms with van der Waals surface area (Å²) in [4.78, 5) is 16.9. The second-order valence-corrected chi connectivity index (χ2v) is 5.33. The first-order valence-corrected chi connectivity index (χ1v) is 7.99. The first kappa shape index (κ1) is 17.6. The van der Waals surface area contributed by atoms with Gasteiger partial charge in [-0.3, -0.25) is 0 Å². The van der Waals surface area contributed by atoms with Gasteiger partial charge in [0, 0.05) is 18.2 Å². The maximum absolute atomic E-state index is 12.5. The monoisotopic (exact) mass is 357 g/mol. The molecule has 0 bridgehead atoms. The molecule has 0 fully saturated rings. The lowest BCUT2D eigenvalue weighted by molar-refractivity contribution is 0.311. The lowest BCUT2D eigenvalue weighted by Gasteiger charge is -2.11. The minimum atomic E-state index is -0.524. The Morgan fingerprint density at radius 2 is 1.73 bits per heavy atom. The molecule has 0 spiro atoms. The van der Waals surface area contributed by atoms with Gasteiger partial charge in [0.1, 0.15) is 11.5 Å². The van der Waals surface area contributed by atoms with Crippen LogP contribution in [0.1, 0.15) is 6.92 Å². The third-order valence-corrected chi connectivity index (χ3v) is 3.85. The Kier molecular flexibility index (Phi) is 4.97.